The lowest BCUT2D eigenvalue weighted by atomic mass is 10.1. The molecule has 0 saturated heterocycles. The minimum atomic E-state index is -0.465. The molecule has 0 fully saturated rings. The molecule has 0 atom stereocenters. The van der Waals surface area contributed by atoms with Gasteiger partial charge in [0.05, 0.1) is 0 Å². The Morgan fingerprint density at radius 2 is 2.15 bits per heavy atom. The predicted octanol–water partition coefficient (Wildman–Crippen LogP) is 1.97. The lowest BCUT2D eigenvalue weighted by Gasteiger charge is -2.10. The van der Waals surface area contributed by atoms with Crippen LogP contribution in [0.15, 0.2) is 37.0 Å². The van der Waals surface area contributed by atoms with E-state index in [-0.39, 0.29) is 0 Å². The molecule has 1 aromatic carbocycles. The number of hydrogen-bond donors (Lipinski definition) is 1. The minimum absolute atomic E-state index is 0.465. The Hall–Kier alpha value is -1.61. The number of rotatable bonds is 2. The van der Waals surface area contributed by atoms with Crippen molar-refractivity contribution in [2.75, 3.05) is 0 Å². The number of hydrogen-bond acceptors (Lipinski definition) is 2. The van der Waals surface area contributed by atoms with Gasteiger partial charge in [0.15, 0.2) is 0 Å². The lowest BCUT2D eigenvalue weighted by Crippen LogP contribution is -2.21. The van der Waals surface area contributed by atoms with Crippen molar-refractivity contribution in [2.45, 2.75) is 6.92 Å². The van der Waals surface area contributed by atoms with Gasteiger partial charge in [0.2, 0.25) is 0 Å². The number of amides is 1. The van der Waals surface area contributed by atoms with E-state index in [1.165, 1.54) is 0 Å². The first-order valence-electron chi connectivity index (χ1n) is 3.87. The average Bonchev–Trinajstić information content (AvgIpc) is 2.16. The Kier molecular flexibility index (Phi) is 2.82. The fourth-order valence-corrected chi connectivity index (χ4v) is 1.02. The second-order valence-electron chi connectivity index (χ2n) is 2.65. The van der Waals surface area contributed by atoms with Gasteiger partial charge >= 0.3 is 0 Å². The van der Waals surface area contributed by atoms with Gasteiger partial charge in [-0.2, -0.15) is 5.06 Å². The molecule has 3 nitrogen and oxygen atoms in total. The van der Waals surface area contributed by atoms with Gasteiger partial charge in [-0.25, -0.2) is 0 Å². The first kappa shape index (κ1) is 9.48. The van der Waals surface area contributed by atoms with Gasteiger partial charge in [0.1, 0.15) is 0 Å². The number of carbonyl (C=O) groups excluding carboxylic acids is 1. The molecule has 1 N–H and O–H groups in total. The first-order chi connectivity index (χ1) is 6.16. The highest BCUT2D eigenvalue weighted by atomic mass is 16.5. The molecular formula is C10H11NO2. The number of benzene rings is 1. The second kappa shape index (κ2) is 3.87. The molecule has 0 aliphatic rings. The molecule has 1 rings (SSSR count). The van der Waals surface area contributed by atoms with Crippen molar-refractivity contribution in [3.05, 3.63) is 48.2 Å². The summed E-state index contributed by atoms with van der Waals surface area (Å²) in [6, 6.07) is 7.05. The zero-order chi connectivity index (χ0) is 9.84. The predicted molar refractivity (Wildman–Crippen MR) is 49.3 cm³/mol. The SMILES string of the molecule is C=CN(O)C(=O)c1ccccc1C. The van der Waals surface area contributed by atoms with E-state index in [1.807, 2.05) is 19.1 Å². The van der Waals surface area contributed by atoms with Crippen LogP contribution < -0.4 is 0 Å². The van der Waals surface area contributed by atoms with Crippen molar-refractivity contribution < 1.29 is 10.0 Å². The number of hydroxylamine groups is 2. The number of aryl methyl sites for hydroxylation is 1. The summed E-state index contributed by atoms with van der Waals surface area (Å²) in [5, 5.41) is 9.54. The summed E-state index contributed by atoms with van der Waals surface area (Å²) < 4.78 is 0. The van der Waals surface area contributed by atoms with Crippen molar-refractivity contribution in [3.63, 3.8) is 0 Å². The Labute approximate surface area is 76.9 Å². The monoisotopic (exact) mass is 177 g/mol. The van der Waals surface area contributed by atoms with Crippen molar-refractivity contribution >= 4 is 5.91 Å². The van der Waals surface area contributed by atoms with Crippen LogP contribution in [0.2, 0.25) is 0 Å². The standard InChI is InChI=1S/C10H11NO2/c1-3-11(13)10(12)9-7-5-4-6-8(9)2/h3-7,13H,1H2,2H3. The zero-order valence-electron chi connectivity index (χ0n) is 7.40. The van der Waals surface area contributed by atoms with Crippen LogP contribution >= 0.6 is 0 Å². The minimum Gasteiger partial charge on any atom is -0.281 e. The van der Waals surface area contributed by atoms with Crippen LogP contribution in [0.5, 0.6) is 0 Å². The van der Waals surface area contributed by atoms with Gasteiger partial charge < -0.3 is 0 Å². The Morgan fingerprint density at radius 3 is 2.69 bits per heavy atom. The van der Waals surface area contributed by atoms with Crippen molar-refractivity contribution in [2.24, 2.45) is 0 Å². The smallest absolute Gasteiger partial charge is 0.281 e. The Morgan fingerprint density at radius 1 is 1.54 bits per heavy atom. The fraction of sp³-hybridized carbons (Fsp3) is 0.100. The van der Waals surface area contributed by atoms with Crippen LogP contribution in [0, 0.1) is 6.92 Å². The van der Waals surface area contributed by atoms with E-state index >= 15 is 0 Å². The van der Waals surface area contributed by atoms with Gasteiger partial charge in [0, 0.05) is 11.8 Å². The Bertz CT molecular complexity index is 333. The molecule has 1 aromatic rings. The third kappa shape index (κ3) is 1.95. The topological polar surface area (TPSA) is 40.5 Å². The maximum atomic E-state index is 11.4. The van der Waals surface area contributed by atoms with E-state index in [2.05, 4.69) is 6.58 Å². The van der Waals surface area contributed by atoms with Crippen LogP contribution in [0.3, 0.4) is 0 Å². The van der Waals surface area contributed by atoms with Crippen LogP contribution in [0.25, 0.3) is 0 Å². The maximum Gasteiger partial charge on any atom is 0.281 e. The van der Waals surface area contributed by atoms with E-state index < -0.39 is 5.91 Å². The number of carbonyl (C=O) groups is 1. The van der Waals surface area contributed by atoms with E-state index in [1.54, 1.807) is 12.1 Å². The van der Waals surface area contributed by atoms with E-state index in [9.17, 15) is 4.79 Å². The van der Waals surface area contributed by atoms with Gasteiger partial charge in [-0.05, 0) is 18.6 Å². The maximum absolute atomic E-state index is 11.4. The van der Waals surface area contributed by atoms with Crippen molar-refractivity contribution in [1.82, 2.24) is 5.06 Å². The summed E-state index contributed by atoms with van der Waals surface area (Å²) >= 11 is 0. The van der Waals surface area contributed by atoms with Crippen molar-refractivity contribution in [3.8, 4) is 0 Å². The van der Waals surface area contributed by atoms with E-state index in [0.717, 1.165) is 11.8 Å². The molecular weight excluding hydrogens is 166 g/mol. The summed E-state index contributed by atoms with van der Waals surface area (Å²) in [6.07, 6.45) is 1.06. The first-order valence-corrected chi connectivity index (χ1v) is 3.87. The molecule has 3 heteroatoms. The highest BCUT2D eigenvalue weighted by Crippen LogP contribution is 2.09. The van der Waals surface area contributed by atoms with E-state index in [0.29, 0.717) is 10.6 Å². The highest BCUT2D eigenvalue weighted by molar-refractivity contribution is 5.95. The number of nitrogens with zero attached hydrogens (tertiary/aromatic N) is 1. The molecule has 0 aliphatic heterocycles. The van der Waals surface area contributed by atoms with Gasteiger partial charge in [0.25, 0.3) is 5.91 Å². The molecule has 0 aliphatic carbocycles. The molecule has 13 heavy (non-hydrogen) atoms. The third-order valence-corrected chi connectivity index (χ3v) is 1.76. The molecule has 68 valence electrons. The van der Waals surface area contributed by atoms with Gasteiger partial charge in [-0.15, -0.1) is 0 Å². The summed E-state index contributed by atoms with van der Waals surface area (Å²) in [4.78, 5) is 11.4. The largest absolute Gasteiger partial charge is 0.281 e. The highest BCUT2D eigenvalue weighted by Gasteiger charge is 2.11. The molecule has 0 radical (unpaired) electrons. The molecule has 0 spiro atoms. The molecule has 0 heterocycles. The summed E-state index contributed by atoms with van der Waals surface area (Å²) in [5.41, 5.74) is 1.30. The molecule has 0 bridgehead atoms. The molecule has 0 unspecified atom stereocenters. The summed E-state index contributed by atoms with van der Waals surface area (Å²) in [7, 11) is 0. The van der Waals surface area contributed by atoms with Crippen LogP contribution in [0.4, 0.5) is 0 Å². The Balaban J connectivity index is 3.02. The van der Waals surface area contributed by atoms with Crippen LogP contribution in [-0.2, 0) is 0 Å². The van der Waals surface area contributed by atoms with Crippen molar-refractivity contribution in [1.29, 1.82) is 0 Å². The average molecular weight is 177 g/mol. The quantitative estimate of drug-likeness (QED) is 0.554. The van der Waals surface area contributed by atoms with Gasteiger partial charge in [-0.1, -0.05) is 24.8 Å². The zero-order valence-corrected chi connectivity index (χ0v) is 7.40. The second-order valence-corrected chi connectivity index (χ2v) is 2.65. The third-order valence-electron chi connectivity index (χ3n) is 1.76. The van der Waals surface area contributed by atoms with E-state index in [4.69, 9.17) is 5.21 Å². The molecule has 1 amide bonds. The van der Waals surface area contributed by atoms with Crippen LogP contribution in [-0.4, -0.2) is 16.2 Å². The lowest BCUT2D eigenvalue weighted by molar-refractivity contribution is -0.0200. The van der Waals surface area contributed by atoms with Crippen LogP contribution in [0.1, 0.15) is 15.9 Å². The normalized spacial score (nSPS) is 9.38. The molecule has 0 saturated carbocycles. The summed E-state index contributed by atoms with van der Waals surface area (Å²) in [6.45, 7) is 5.10. The molecule has 0 aromatic heterocycles. The van der Waals surface area contributed by atoms with Gasteiger partial charge in [-0.3, -0.25) is 10.0 Å². The fourth-order valence-electron chi connectivity index (χ4n) is 1.02. The summed E-state index contributed by atoms with van der Waals surface area (Å²) in [5.74, 6) is -0.465.